The third-order valence-corrected chi connectivity index (χ3v) is 7.73. The van der Waals surface area contributed by atoms with E-state index in [4.69, 9.17) is 10.8 Å². The van der Waals surface area contributed by atoms with E-state index in [9.17, 15) is 9.18 Å². The smallest absolute Gasteiger partial charge is 0.303 e. The van der Waals surface area contributed by atoms with Gasteiger partial charge in [0.2, 0.25) is 0 Å². The molecule has 5 saturated carbocycles. The molecule has 0 amide bonds. The van der Waals surface area contributed by atoms with E-state index >= 15 is 0 Å². The van der Waals surface area contributed by atoms with Crippen LogP contribution in [0.2, 0.25) is 0 Å². The first-order valence-electron chi connectivity index (χ1n) is 7.15. The van der Waals surface area contributed by atoms with E-state index in [0.717, 1.165) is 12.8 Å². The highest BCUT2D eigenvalue weighted by Crippen LogP contribution is 3.00. The minimum atomic E-state index is -0.836. The summed E-state index contributed by atoms with van der Waals surface area (Å²) in [6, 6.07) is 0. The zero-order valence-electron chi connectivity index (χ0n) is 10.2. The fourth-order valence-electron chi connectivity index (χ4n) is 7.48. The average Bonchev–Trinajstić information content (AvgIpc) is 2.74. The van der Waals surface area contributed by atoms with Gasteiger partial charge in [-0.25, -0.2) is 4.39 Å². The van der Waals surface area contributed by atoms with Crippen LogP contribution in [0, 0.1) is 40.4 Å². The molecule has 0 aromatic rings. The molecule has 4 heteroatoms. The van der Waals surface area contributed by atoms with Crippen LogP contribution in [-0.4, -0.2) is 23.3 Å². The van der Waals surface area contributed by atoms with Crippen molar-refractivity contribution in [3.63, 3.8) is 0 Å². The largest absolute Gasteiger partial charge is 0.481 e. The van der Waals surface area contributed by atoms with Gasteiger partial charge >= 0.3 is 5.97 Å². The predicted molar refractivity (Wildman–Crippen MR) is 61.3 cm³/mol. The van der Waals surface area contributed by atoms with Crippen LogP contribution in [0.4, 0.5) is 4.39 Å². The second-order valence-corrected chi connectivity index (χ2v) is 7.40. The lowest BCUT2D eigenvalue weighted by atomic mass is 9.24. The average molecular weight is 251 g/mol. The fraction of sp³-hybridized carbons (Fsp3) is 0.929. The van der Waals surface area contributed by atoms with Crippen molar-refractivity contribution in [3.05, 3.63) is 0 Å². The molecule has 8 atom stereocenters. The van der Waals surface area contributed by atoms with Gasteiger partial charge in [0.05, 0.1) is 6.42 Å². The van der Waals surface area contributed by atoms with Crippen molar-refractivity contribution in [1.29, 1.82) is 0 Å². The predicted octanol–water partition coefficient (Wildman–Crippen LogP) is 1.42. The minimum Gasteiger partial charge on any atom is -0.481 e. The highest BCUT2D eigenvalue weighted by molar-refractivity contribution is 5.69. The molecule has 0 bridgehead atoms. The number of halogens is 1. The number of nitrogens with two attached hydrogens (primary N) is 1. The molecule has 1 spiro atoms. The van der Waals surface area contributed by atoms with Crippen molar-refractivity contribution in [2.45, 2.75) is 31.4 Å². The van der Waals surface area contributed by atoms with Crippen LogP contribution in [0.25, 0.3) is 0 Å². The van der Waals surface area contributed by atoms with Crippen LogP contribution in [0.1, 0.15) is 25.7 Å². The third kappa shape index (κ3) is 0.605. The van der Waals surface area contributed by atoms with Gasteiger partial charge in [-0.15, -0.1) is 0 Å². The summed E-state index contributed by atoms with van der Waals surface area (Å²) in [5.41, 5.74) is 4.95. The number of fused-ring (bicyclic) bond motifs is 2. The van der Waals surface area contributed by atoms with Gasteiger partial charge < -0.3 is 10.8 Å². The number of carbonyl (C=O) groups is 1. The Morgan fingerprint density at radius 3 is 2.78 bits per heavy atom. The Kier molecular flexibility index (Phi) is 1.34. The number of hydrogen-bond donors (Lipinski definition) is 2. The summed E-state index contributed by atoms with van der Waals surface area (Å²) in [7, 11) is 0. The summed E-state index contributed by atoms with van der Waals surface area (Å²) in [6.45, 7) is 0.474. The molecule has 5 aliphatic rings. The van der Waals surface area contributed by atoms with Gasteiger partial charge in [-0.05, 0) is 54.9 Å². The van der Waals surface area contributed by atoms with Crippen LogP contribution in [-0.2, 0) is 4.79 Å². The van der Waals surface area contributed by atoms with Crippen molar-refractivity contribution in [1.82, 2.24) is 0 Å². The van der Waals surface area contributed by atoms with Gasteiger partial charge in [-0.2, -0.15) is 0 Å². The SMILES string of the molecule is NC[C@@]1(CC(=O)O)C2CC[C@@H]3C4(F)CC5[C@H]1[C@H]2C534. The van der Waals surface area contributed by atoms with Crippen LogP contribution >= 0.6 is 0 Å². The number of rotatable bonds is 3. The quantitative estimate of drug-likeness (QED) is 0.797. The van der Waals surface area contributed by atoms with E-state index in [2.05, 4.69) is 0 Å². The molecule has 5 aliphatic carbocycles. The highest BCUT2D eigenvalue weighted by atomic mass is 19.1. The highest BCUT2D eigenvalue weighted by Gasteiger charge is 3.02. The number of carboxylic acid groups (broad SMARTS) is 1. The summed E-state index contributed by atoms with van der Waals surface area (Å²) in [5.74, 6) is 1.38. The lowest BCUT2D eigenvalue weighted by Crippen LogP contribution is -2.79. The van der Waals surface area contributed by atoms with E-state index in [-0.39, 0.29) is 17.3 Å². The van der Waals surface area contributed by atoms with E-state index in [0.29, 0.717) is 42.6 Å². The zero-order chi connectivity index (χ0) is 12.5. The van der Waals surface area contributed by atoms with E-state index in [1.165, 1.54) is 0 Å². The molecule has 0 radical (unpaired) electrons. The van der Waals surface area contributed by atoms with Crippen LogP contribution in [0.15, 0.2) is 0 Å². The van der Waals surface area contributed by atoms with Crippen LogP contribution in [0.3, 0.4) is 0 Å². The van der Waals surface area contributed by atoms with Gasteiger partial charge in [0.25, 0.3) is 0 Å². The Bertz CT molecular complexity index is 488. The standard InChI is InChI=1S/C14H18FNO2/c15-13-3-7-10-11-6(1-2-8(13)14(7,11)13)12(10,5-16)4-9(17)18/h6-8,10-11H,1-5,16H2,(H,17,18)/t6?,7?,8-,10+,11+,12+,13?,14?/m1/s1. The van der Waals surface area contributed by atoms with Gasteiger partial charge in [0.15, 0.2) is 0 Å². The Balaban J connectivity index is 1.55. The van der Waals surface area contributed by atoms with Gasteiger partial charge in [0, 0.05) is 11.3 Å². The number of carboxylic acids is 1. The molecule has 3 nitrogen and oxygen atoms in total. The summed E-state index contributed by atoms with van der Waals surface area (Å²) >= 11 is 0. The molecule has 0 saturated heterocycles. The maximum absolute atomic E-state index is 14.6. The summed E-state index contributed by atoms with van der Waals surface area (Å²) in [6.07, 6.45) is 2.89. The first-order valence-corrected chi connectivity index (χ1v) is 7.15. The van der Waals surface area contributed by atoms with Crippen molar-refractivity contribution >= 4 is 5.97 Å². The fourth-order valence-corrected chi connectivity index (χ4v) is 7.48. The van der Waals surface area contributed by atoms with Gasteiger partial charge in [0.1, 0.15) is 5.67 Å². The molecule has 18 heavy (non-hydrogen) atoms. The molecule has 3 N–H and O–H groups in total. The summed E-state index contributed by atoms with van der Waals surface area (Å²) in [5, 5.41) is 9.17. The topological polar surface area (TPSA) is 63.3 Å². The molecule has 0 heterocycles. The maximum atomic E-state index is 14.6. The van der Waals surface area contributed by atoms with Crippen molar-refractivity contribution < 1.29 is 14.3 Å². The van der Waals surface area contributed by atoms with Crippen molar-refractivity contribution in [2.75, 3.05) is 6.54 Å². The molecule has 0 aromatic heterocycles. The minimum absolute atomic E-state index is 0.0256. The van der Waals surface area contributed by atoms with Crippen molar-refractivity contribution in [3.8, 4) is 0 Å². The second kappa shape index (κ2) is 2.37. The number of aliphatic carboxylic acids is 1. The van der Waals surface area contributed by atoms with E-state index in [1.54, 1.807) is 0 Å². The Morgan fingerprint density at radius 2 is 2.11 bits per heavy atom. The molecule has 5 fully saturated rings. The third-order valence-electron chi connectivity index (χ3n) is 7.73. The molecular weight excluding hydrogens is 233 g/mol. The monoisotopic (exact) mass is 251 g/mol. The van der Waals surface area contributed by atoms with Crippen LogP contribution in [0.5, 0.6) is 0 Å². The summed E-state index contributed by atoms with van der Waals surface area (Å²) in [4.78, 5) is 11.1. The van der Waals surface area contributed by atoms with Crippen LogP contribution < -0.4 is 5.73 Å². The van der Waals surface area contributed by atoms with Crippen molar-refractivity contribution in [2.24, 2.45) is 46.2 Å². The Hall–Kier alpha value is -0.640. The molecule has 4 unspecified atom stereocenters. The van der Waals surface area contributed by atoms with E-state index in [1.807, 2.05) is 0 Å². The van der Waals surface area contributed by atoms with Gasteiger partial charge in [-0.3, -0.25) is 4.79 Å². The normalized spacial score (nSPS) is 68.9. The lowest BCUT2D eigenvalue weighted by Gasteiger charge is -2.79. The van der Waals surface area contributed by atoms with E-state index < -0.39 is 11.6 Å². The molecule has 5 rings (SSSR count). The number of hydrogen-bond acceptors (Lipinski definition) is 2. The molecule has 98 valence electrons. The summed E-state index contributed by atoms with van der Waals surface area (Å²) < 4.78 is 14.6. The Morgan fingerprint density at radius 1 is 1.33 bits per heavy atom. The van der Waals surface area contributed by atoms with Gasteiger partial charge in [-0.1, -0.05) is 0 Å². The molecular formula is C14H18FNO2. The lowest BCUT2D eigenvalue weighted by molar-refractivity contribution is -0.337. The Labute approximate surface area is 105 Å². The number of alkyl halides is 1. The first-order chi connectivity index (χ1) is 8.54. The molecule has 0 aromatic carbocycles. The zero-order valence-corrected chi connectivity index (χ0v) is 10.2. The first kappa shape index (κ1) is 10.2. The second-order valence-electron chi connectivity index (χ2n) is 7.40. The maximum Gasteiger partial charge on any atom is 0.303 e. The molecule has 0 aliphatic heterocycles.